The molecule has 0 saturated heterocycles. The van der Waals surface area contributed by atoms with Crippen LogP contribution in [0.15, 0.2) is 54.6 Å². The van der Waals surface area contributed by atoms with Gasteiger partial charge in [0.05, 0.1) is 13.2 Å². The Bertz CT molecular complexity index is 422. The van der Waals surface area contributed by atoms with Gasteiger partial charge in [0.1, 0.15) is 0 Å². The van der Waals surface area contributed by atoms with Crippen molar-refractivity contribution in [1.82, 2.24) is 0 Å². The summed E-state index contributed by atoms with van der Waals surface area (Å²) < 4.78 is 5.60. The van der Waals surface area contributed by atoms with Crippen molar-refractivity contribution in [2.24, 2.45) is 0 Å². The third-order valence-electron chi connectivity index (χ3n) is 2.29. The van der Waals surface area contributed by atoms with Crippen LogP contribution in [-0.2, 0) is 18.0 Å². The van der Waals surface area contributed by atoms with Crippen molar-refractivity contribution in [2.75, 3.05) is 0 Å². The fourth-order valence-electron chi connectivity index (χ4n) is 1.44. The first-order valence-electron chi connectivity index (χ1n) is 5.21. The standard InChI is InChI=1S/C14H13ClO/c15-14-8-6-13(7-9-14)11-16-10-12-4-2-1-3-5-12/h1-9H,10-11H2. The molecule has 0 aliphatic carbocycles. The van der Waals surface area contributed by atoms with E-state index in [1.54, 1.807) is 0 Å². The lowest BCUT2D eigenvalue weighted by molar-refractivity contribution is 0.107. The van der Waals surface area contributed by atoms with E-state index < -0.39 is 0 Å². The summed E-state index contributed by atoms with van der Waals surface area (Å²) in [7, 11) is 0. The third kappa shape index (κ3) is 3.37. The average molecular weight is 233 g/mol. The smallest absolute Gasteiger partial charge is 0.0721 e. The first-order chi connectivity index (χ1) is 7.84. The van der Waals surface area contributed by atoms with Crippen molar-refractivity contribution < 1.29 is 4.74 Å². The summed E-state index contributed by atoms with van der Waals surface area (Å²) in [5.74, 6) is 0. The predicted molar refractivity (Wildman–Crippen MR) is 66.4 cm³/mol. The zero-order chi connectivity index (χ0) is 11.2. The van der Waals surface area contributed by atoms with Crippen LogP contribution in [0.25, 0.3) is 0 Å². The van der Waals surface area contributed by atoms with Crippen LogP contribution in [0.1, 0.15) is 11.1 Å². The minimum atomic E-state index is 0.617. The molecule has 2 heteroatoms. The van der Waals surface area contributed by atoms with Gasteiger partial charge in [0, 0.05) is 5.02 Å². The highest BCUT2D eigenvalue weighted by molar-refractivity contribution is 6.30. The van der Waals surface area contributed by atoms with Crippen LogP contribution in [0.3, 0.4) is 0 Å². The normalized spacial score (nSPS) is 10.3. The molecule has 0 amide bonds. The summed E-state index contributed by atoms with van der Waals surface area (Å²) in [6, 6.07) is 17.9. The quantitative estimate of drug-likeness (QED) is 0.773. The summed E-state index contributed by atoms with van der Waals surface area (Å²) >= 11 is 5.80. The van der Waals surface area contributed by atoms with Gasteiger partial charge in [-0.15, -0.1) is 0 Å². The molecule has 0 fully saturated rings. The maximum Gasteiger partial charge on any atom is 0.0721 e. The van der Waals surface area contributed by atoms with Crippen molar-refractivity contribution in [3.8, 4) is 0 Å². The van der Waals surface area contributed by atoms with Crippen molar-refractivity contribution in [1.29, 1.82) is 0 Å². The second-order valence-corrected chi connectivity index (χ2v) is 4.04. The maximum absolute atomic E-state index is 5.80. The average Bonchev–Trinajstić information content (AvgIpc) is 2.33. The number of hydrogen-bond donors (Lipinski definition) is 0. The highest BCUT2D eigenvalue weighted by atomic mass is 35.5. The van der Waals surface area contributed by atoms with E-state index in [0.29, 0.717) is 13.2 Å². The molecule has 2 aromatic rings. The molecule has 0 aliphatic rings. The molecule has 16 heavy (non-hydrogen) atoms. The molecule has 0 heterocycles. The second-order valence-electron chi connectivity index (χ2n) is 3.60. The Kier molecular flexibility index (Phi) is 3.97. The van der Waals surface area contributed by atoms with E-state index in [4.69, 9.17) is 16.3 Å². The molecule has 0 aliphatic heterocycles. The van der Waals surface area contributed by atoms with Crippen LogP contribution in [0.4, 0.5) is 0 Å². The zero-order valence-electron chi connectivity index (χ0n) is 8.90. The van der Waals surface area contributed by atoms with Crippen LogP contribution in [-0.4, -0.2) is 0 Å². The Morgan fingerprint density at radius 3 is 1.94 bits per heavy atom. The van der Waals surface area contributed by atoms with Crippen molar-refractivity contribution >= 4 is 11.6 Å². The van der Waals surface area contributed by atoms with Gasteiger partial charge in [0.25, 0.3) is 0 Å². The van der Waals surface area contributed by atoms with Crippen LogP contribution >= 0.6 is 11.6 Å². The fourth-order valence-corrected chi connectivity index (χ4v) is 1.57. The molecule has 0 bridgehead atoms. The molecular weight excluding hydrogens is 220 g/mol. The lowest BCUT2D eigenvalue weighted by Gasteiger charge is -2.04. The van der Waals surface area contributed by atoms with Crippen LogP contribution in [0, 0.1) is 0 Å². The first-order valence-corrected chi connectivity index (χ1v) is 5.58. The summed E-state index contributed by atoms with van der Waals surface area (Å²) in [6.45, 7) is 1.26. The first kappa shape index (κ1) is 11.2. The highest BCUT2D eigenvalue weighted by Crippen LogP contribution is 2.11. The number of benzene rings is 2. The molecule has 1 nitrogen and oxygen atoms in total. The molecular formula is C14H13ClO. The monoisotopic (exact) mass is 232 g/mol. The molecule has 0 aromatic heterocycles. The van der Waals surface area contributed by atoms with E-state index >= 15 is 0 Å². The van der Waals surface area contributed by atoms with Crippen molar-refractivity contribution in [2.45, 2.75) is 13.2 Å². The van der Waals surface area contributed by atoms with Crippen molar-refractivity contribution in [3.63, 3.8) is 0 Å². The summed E-state index contributed by atoms with van der Waals surface area (Å²) in [5.41, 5.74) is 2.33. The molecule has 0 unspecified atom stereocenters. The highest BCUT2D eigenvalue weighted by Gasteiger charge is 1.94. The number of ether oxygens (including phenoxy) is 1. The minimum Gasteiger partial charge on any atom is -0.372 e. The summed E-state index contributed by atoms with van der Waals surface area (Å²) in [4.78, 5) is 0. The summed E-state index contributed by atoms with van der Waals surface area (Å²) in [5, 5.41) is 0.756. The van der Waals surface area contributed by atoms with Crippen LogP contribution in [0.5, 0.6) is 0 Å². The van der Waals surface area contributed by atoms with Gasteiger partial charge in [-0.3, -0.25) is 0 Å². The van der Waals surface area contributed by atoms with E-state index in [1.165, 1.54) is 5.56 Å². The molecule has 0 saturated carbocycles. The van der Waals surface area contributed by atoms with E-state index in [2.05, 4.69) is 12.1 Å². The Hall–Kier alpha value is -1.31. The fraction of sp³-hybridized carbons (Fsp3) is 0.143. The van der Waals surface area contributed by atoms with Gasteiger partial charge in [-0.2, -0.15) is 0 Å². The molecule has 0 N–H and O–H groups in total. The maximum atomic E-state index is 5.80. The van der Waals surface area contributed by atoms with E-state index in [1.807, 2.05) is 42.5 Å². The zero-order valence-corrected chi connectivity index (χ0v) is 9.65. The molecule has 0 atom stereocenters. The van der Waals surface area contributed by atoms with E-state index in [-0.39, 0.29) is 0 Å². The van der Waals surface area contributed by atoms with Gasteiger partial charge < -0.3 is 4.74 Å². The van der Waals surface area contributed by atoms with E-state index in [0.717, 1.165) is 10.6 Å². The van der Waals surface area contributed by atoms with Crippen molar-refractivity contribution in [3.05, 3.63) is 70.7 Å². The summed E-state index contributed by atoms with van der Waals surface area (Å²) in [6.07, 6.45) is 0. The van der Waals surface area contributed by atoms with Gasteiger partial charge in [0.15, 0.2) is 0 Å². The lowest BCUT2D eigenvalue weighted by Crippen LogP contribution is -1.93. The topological polar surface area (TPSA) is 9.23 Å². The van der Waals surface area contributed by atoms with E-state index in [9.17, 15) is 0 Å². The Morgan fingerprint density at radius 2 is 1.31 bits per heavy atom. The van der Waals surface area contributed by atoms with Gasteiger partial charge in [-0.1, -0.05) is 54.1 Å². The third-order valence-corrected chi connectivity index (χ3v) is 2.55. The molecule has 2 rings (SSSR count). The molecule has 2 aromatic carbocycles. The van der Waals surface area contributed by atoms with Gasteiger partial charge in [0.2, 0.25) is 0 Å². The van der Waals surface area contributed by atoms with Gasteiger partial charge in [-0.05, 0) is 23.3 Å². The Morgan fingerprint density at radius 1 is 0.750 bits per heavy atom. The largest absolute Gasteiger partial charge is 0.372 e. The van der Waals surface area contributed by atoms with Crippen LogP contribution in [0.2, 0.25) is 5.02 Å². The van der Waals surface area contributed by atoms with Gasteiger partial charge in [-0.25, -0.2) is 0 Å². The number of halogens is 1. The van der Waals surface area contributed by atoms with Gasteiger partial charge >= 0.3 is 0 Å². The molecule has 82 valence electrons. The second kappa shape index (κ2) is 5.69. The predicted octanol–water partition coefficient (Wildman–Crippen LogP) is 4.06. The minimum absolute atomic E-state index is 0.617. The van der Waals surface area contributed by atoms with Crippen LogP contribution < -0.4 is 0 Å². The number of rotatable bonds is 4. The SMILES string of the molecule is Clc1ccc(COCc2ccccc2)cc1. The molecule has 0 radical (unpaired) electrons. The Labute approximate surface area is 101 Å². The Balaban J connectivity index is 1.82. The number of hydrogen-bond acceptors (Lipinski definition) is 1. The molecule has 0 spiro atoms. The lowest BCUT2D eigenvalue weighted by atomic mass is 10.2.